The van der Waals surface area contributed by atoms with Crippen molar-refractivity contribution in [3.8, 4) is 5.75 Å². The molecule has 1 atom stereocenters. The standard InChI is InChI=1S/C12H15F3O2S/c1-2-10(16)9-5-3-4-6-11(9)17-7-8-18-12(13,14)15/h3-6,10,16H,2,7-8H2,1H3. The molecule has 1 N–H and O–H groups in total. The number of para-hydroxylation sites is 1. The van der Waals surface area contributed by atoms with Crippen LogP contribution >= 0.6 is 11.8 Å². The molecule has 1 rings (SSSR count). The second-order valence-electron chi connectivity index (χ2n) is 3.60. The lowest BCUT2D eigenvalue weighted by Gasteiger charge is -2.15. The van der Waals surface area contributed by atoms with Crippen molar-refractivity contribution in [1.82, 2.24) is 0 Å². The maximum absolute atomic E-state index is 11.9. The molecule has 0 saturated heterocycles. The van der Waals surface area contributed by atoms with Crippen molar-refractivity contribution in [2.45, 2.75) is 25.0 Å². The number of alkyl halides is 3. The zero-order valence-electron chi connectivity index (χ0n) is 9.91. The molecule has 0 spiro atoms. The Morgan fingerprint density at radius 1 is 1.33 bits per heavy atom. The number of aliphatic hydroxyl groups excluding tert-OH is 1. The number of thioether (sulfide) groups is 1. The predicted octanol–water partition coefficient (Wildman–Crippen LogP) is 3.76. The number of ether oxygens (including phenoxy) is 1. The number of rotatable bonds is 6. The van der Waals surface area contributed by atoms with Crippen LogP contribution in [0.2, 0.25) is 0 Å². The highest BCUT2D eigenvalue weighted by Gasteiger charge is 2.27. The fourth-order valence-corrected chi connectivity index (χ4v) is 1.81. The molecule has 0 saturated carbocycles. The van der Waals surface area contributed by atoms with Crippen LogP contribution < -0.4 is 4.74 Å². The number of hydrogen-bond acceptors (Lipinski definition) is 3. The van der Waals surface area contributed by atoms with Crippen LogP contribution in [0.4, 0.5) is 13.2 Å². The molecule has 0 heterocycles. The molecule has 0 aliphatic rings. The van der Waals surface area contributed by atoms with Gasteiger partial charge >= 0.3 is 5.51 Å². The zero-order valence-corrected chi connectivity index (χ0v) is 10.7. The largest absolute Gasteiger partial charge is 0.492 e. The molecule has 1 unspecified atom stereocenters. The first-order chi connectivity index (χ1) is 8.44. The van der Waals surface area contributed by atoms with E-state index in [2.05, 4.69) is 0 Å². The Hall–Kier alpha value is -0.880. The van der Waals surface area contributed by atoms with Gasteiger partial charge in [0.25, 0.3) is 0 Å². The fraction of sp³-hybridized carbons (Fsp3) is 0.500. The summed E-state index contributed by atoms with van der Waals surface area (Å²) in [7, 11) is 0. The van der Waals surface area contributed by atoms with E-state index < -0.39 is 11.6 Å². The van der Waals surface area contributed by atoms with Crippen molar-refractivity contribution < 1.29 is 23.0 Å². The zero-order chi connectivity index (χ0) is 13.6. The second-order valence-corrected chi connectivity index (χ2v) is 4.76. The van der Waals surface area contributed by atoms with Crippen LogP contribution in [-0.4, -0.2) is 23.0 Å². The summed E-state index contributed by atoms with van der Waals surface area (Å²) in [4.78, 5) is 0. The van der Waals surface area contributed by atoms with Gasteiger partial charge in [-0.15, -0.1) is 0 Å². The van der Waals surface area contributed by atoms with E-state index in [1.54, 1.807) is 24.3 Å². The summed E-state index contributed by atoms with van der Waals surface area (Å²) in [5.41, 5.74) is -3.62. The lowest BCUT2D eigenvalue weighted by molar-refractivity contribution is -0.0329. The van der Waals surface area contributed by atoms with Gasteiger partial charge in [-0.2, -0.15) is 13.2 Å². The summed E-state index contributed by atoms with van der Waals surface area (Å²) in [5, 5.41) is 9.73. The van der Waals surface area contributed by atoms with Gasteiger partial charge < -0.3 is 9.84 Å². The molecule has 0 radical (unpaired) electrons. The molecule has 0 aliphatic heterocycles. The van der Waals surface area contributed by atoms with Crippen LogP contribution in [0.25, 0.3) is 0 Å². The molecular formula is C12H15F3O2S. The van der Waals surface area contributed by atoms with Crippen LogP contribution in [0, 0.1) is 0 Å². The van der Waals surface area contributed by atoms with E-state index in [1.807, 2.05) is 6.92 Å². The van der Waals surface area contributed by atoms with Crippen LogP contribution in [0.5, 0.6) is 5.75 Å². The Kier molecular flexibility index (Phi) is 5.81. The normalized spacial score (nSPS) is 13.4. The molecule has 0 fully saturated rings. The van der Waals surface area contributed by atoms with Gasteiger partial charge in [0, 0.05) is 11.3 Å². The lowest BCUT2D eigenvalue weighted by atomic mass is 10.1. The third-order valence-electron chi connectivity index (χ3n) is 2.27. The molecule has 2 nitrogen and oxygen atoms in total. The quantitative estimate of drug-likeness (QED) is 0.804. The first-order valence-electron chi connectivity index (χ1n) is 5.54. The van der Waals surface area contributed by atoms with Crippen molar-refractivity contribution >= 4 is 11.8 Å². The monoisotopic (exact) mass is 280 g/mol. The fourth-order valence-electron chi connectivity index (χ4n) is 1.42. The van der Waals surface area contributed by atoms with Crippen molar-refractivity contribution in [3.63, 3.8) is 0 Å². The minimum Gasteiger partial charge on any atom is -0.492 e. The average Bonchev–Trinajstić information content (AvgIpc) is 2.33. The van der Waals surface area contributed by atoms with Gasteiger partial charge in [0.05, 0.1) is 12.7 Å². The molecule has 102 valence electrons. The van der Waals surface area contributed by atoms with Gasteiger partial charge in [-0.3, -0.25) is 0 Å². The van der Waals surface area contributed by atoms with Crippen LogP contribution in [0.1, 0.15) is 25.0 Å². The maximum atomic E-state index is 11.9. The first kappa shape index (κ1) is 15.2. The smallest absolute Gasteiger partial charge is 0.441 e. The minimum absolute atomic E-state index is 0.0440. The van der Waals surface area contributed by atoms with Gasteiger partial charge in [-0.1, -0.05) is 25.1 Å². The van der Waals surface area contributed by atoms with Crippen molar-refractivity contribution in [2.75, 3.05) is 12.4 Å². The number of aliphatic hydroxyl groups is 1. The summed E-state index contributed by atoms with van der Waals surface area (Å²) in [5.74, 6) is 0.273. The number of hydrogen-bond donors (Lipinski definition) is 1. The van der Waals surface area contributed by atoms with Crippen LogP contribution in [0.15, 0.2) is 24.3 Å². The molecule has 0 bridgehead atoms. The Labute approximate surface area is 108 Å². The predicted molar refractivity (Wildman–Crippen MR) is 65.7 cm³/mol. The van der Waals surface area contributed by atoms with Gasteiger partial charge in [0.15, 0.2) is 0 Å². The first-order valence-corrected chi connectivity index (χ1v) is 6.53. The number of halogens is 3. The summed E-state index contributed by atoms with van der Waals surface area (Å²) in [6.45, 7) is 1.78. The second kappa shape index (κ2) is 6.89. The highest BCUT2D eigenvalue weighted by Crippen LogP contribution is 2.31. The van der Waals surface area contributed by atoms with Gasteiger partial charge in [-0.25, -0.2) is 0 Å². The molecule has 0 amide bonds. The van der Waals surface area contributed by atoms with Gasteiger partial charge in [-0.05, 0) is 24.2 Å². The lowest BCUT2D eigenvalue weighted by Crippen LogP contribution is -2.09. The Bertz CT molecular complexity index is 369. The third-order valence-corrected chi connectivity index (χ3v) is 2.97. The van der Waals surface area contributed by atoms with E-state index in [-0.39, 0.29) is 24.1 Å². The van der Waals surface area contributed by atoms with Crippen molar-refractivity contribution in [3.05, 3.63) is 29.8 Å². The van der Waals surface area contributed by atoms with Crippen LogP contribution in [0.3, 0.4) is 0 Å². The average molecular weight is 280 g/mol. The summed E-state index contributed by atoms with van der Waals surface area (Å²) in [6, 6.07) is 6.83. The topological polar surface area (TPSA) is 29.5 Å². The molecular weight excluding hydrogens is 265 g/mol. The molecule has 0 aromatic heterocycles. The van der Waals surface area contributed by atoms with E-state index in [9.17, 15) is 18.3 Å². The van der Waals surface area contributed by atoms with E-state index in [4.69, 9.17) is 4.74 Å². The summed E-state index contributed by atoms with van der Waals surface area (Å²) >= 11 is -0.115. The molecule has 1 aromatic rings. The van der Waals surface area contributed by atoms with Crippen LogP contribution in [-0.2, 0) is 0 Å². The number of benzene rings is 1. The highest BCUT2D eigenvalue weighted by atomic mass is 32.2. The maximum Gasteiger partial charge on any atom is 0.441 e. The van der Waals surface area contributed by atoms with E-state index >= 15 is 0 Å². The van der Waals surface area contributed by atoms with Crippen molar-refractivity contribution in [2.24, 2.45) is 0 Å². The summed E-state index contributed by atoms with van der Waals surface area (Å²) in [6.07, 6.45) is -0.131. The van der Waals surface area contributed by atoms with E-state index in [0.29, 0.717) is 17.7 Å². The molecule has 18 heavy (non-hydrogen) atoms. The highest BCUT2D eigenvalue weighted by molar-refractivity contribution is 8.00. The Morgan fingerprint density at radius 2 is 2.00 bits per heavy atom. The Balaban J connectivity index is 2.52. The van der Waals surface area contributed by atoms with E-state index in [0.717, 1.165) is 0 Å². The van der Waals surface area contributed by atoms with Gasteiger partial charge in [0.2, 0.25) is 0 Å². The molecule has 6 heteroatoms. The SMILES string of the molecule is CCC(O)c1ccccc1OCCSC(F)(F)F. The van der Waals surface area contributed by atoms with Gasteiger partial charge in [0.1, 0.15) is 5.75 Å². The Morgan fingerprint density at radius 3 is 2.61 bits per heavy atom. The van der Waals surface area contributed by atoms with Crippen molar-refractivity contribution in [1.29, 1.82) is 0 Å². The molecule has 1 aromatic carbocycles. The molecule has 0 aliphatic carbocycles. The summed E-state index contributed by atoms with van der Waals surface area (Å²) < 4.78 is 41.0. The third kappa shape index (κ3) is 5.18. The van der Waals surface area contributed by atoms with E-state index in [1.165, 1.54) is 0 Å². The minimum atomic E-state index is -4.23.